The molecule has 0 amide bonds. The fourth-order valence-corrected chi connectivity index (χ4v) is 7.49. The number of pyridine rings is 2. The van der Waals surface area contributed by atoms with E-state index in [9.17, 15) is 4.79 Å². The molecule has 6 rings (SSSR count). The number of rotatable bonds is 21. The molecular weight excluding hydrogens is 916 g/mol. The number of anilines is 2. The average molecular weight is 971 g/mol. The fraction of sp³-hybridized carbons (Fsp3) is 0.372. The highest BCUT2D eigenvalue weighted by Crippen LogP contribution is 2.31. The summed E-state index contributed by atoms with van der Waals surface area (Å²) >= 11 is 23.3. The van der Waals surface area contributed by atoms with Crippen LogP contribution in [0.2, 0.25) is 0 Å². The largest absolute Gasteiger partial charge is 0.464 e. The molecule has 0 atom stereocenters. The zero-order valence-corrected chi connectivity index (χ0v) is 39.1. The maximum absolute atomic E-state index is 12.1. The predicted octanol–water partition coefficient (Wildman–Crippen LogP) is 11.6. The van der Waals surface area contributed by atoms with Gasteiger partial charge < -0.3 is 20.3 Å². The third kappa shape index (κ3) is 16.7. The van der Waals surface area contributed by atoms with Gasteiger partial charge in [-0.25, -0.2) is 9.97 Å². The van der Waals surface area contributed by atoms with Crippen molar-refractivity contribution in [1.82, 2.24) is 19.8 Å². The van der Waals surface area contributed by atoms with Crippen molar-refractivity contribution in [2.45, 2.75) is 19.3 Å². The van der Waals surface area contributed by atoms with Crippen molar-refractivity contribution in [3.63, 3.8) is 0 Å². The smallest absolute Gasteiger partial charge is 0.307 e. The van der Waals surface area contributed by atoms with Gasteiger partial charge in [-0.15, -0.1) is 96.0 Å². The van der Waals surface area contributed by atoms with Crippen molar-refractivity contribution in [3.05, 3.63) is 97.1 Å². The highest BCUT2D eigenvalue weighted by atomic mass is 35.5. The van der Waals surface area contributed by atoms with Gasteiger partial charge in [0.25, 0.3) is 0 Å². The van der Waals surface area contributed by atoms with Crippen molar-refractivity contribution in [1.29, 1.82) is 0 Å². The number of para-hydroxylation sites is 4. The summed E-state index contributed by atoms with van der Waals surface area (Å²) in [5.41, 5.74) is 6.09. The zero-order chi connectivity index (χ0) is 38.7. The number of benzene rings is 4. The first-order valence-corrected chi connectivity index (χ1v) is 21.1. The van der Waals surface area contributed by atoms with Crippen molar-refractivity contribution < 1.29 is 9.53 Å². The summed E-state index contributed by atoms with van der Waals surface area (Å²) in [4.78, 5) is 26.0. The predicted molar refractivity (Wildman–Crippen MR) is 265 cm³/mol. The van der Waals surface area contributed by atoms with Gasteiger partial charge in [0.05, 0.1) is 39.9 Å². The molecule has 324 valence electrons. The number of halogens is 8. The fourth-order valence-electron chi connectivity index (χ4n) is 6.53. The second kappa shape index (κ2) is 30.5. The number of hydrogen-bond acceptors (Lipinski definition) is 8. The number of fused-ring (bicyclic) bond motifs is 4. The molecule has 0 unspecified atom stereocenters. The number of ether oxygens (including phenoxy) is 1. The molecule has 0 bridgehead atoms. The summed E-state index contributed by atoms with van der Waals surface area (Å²) in [5, 5.41) is 11.5. The molecule has 2 aromatic heterocycles. The minimum absolute atomic E-state index is 0. The summed E-state index contributed by atoms with van der Waals surface area (Å²) in [5.74, 6) is 2.15. The Balaban J connectivity index is 0.000000555. The van der Waals surface area contributed by atoms with Crippen LogP contribution in [0.1, 0.15) is 19.3 Å². The van der Waals surface area contributed by atoms with Crippen LogP contribution in [0.4, 0.5) is 11.4 Å². The van der Waals surface area contributed by atoms with Crippen molar-refractivity contribution >= 4 is 157 Å². The standard InChI is InChI=1S/C22H25Cl2N3O2.C21H25Cl2N3.4ClH/c23-10-13-27(14-11-24)15-16-29-21(28)9-12-25-22-17-5-1-3-7-19(17)26-20-8-4-2-6-18(20)22;22-11-15-26(16-12-23)14-6-5-13-24-21-17-7-1-3-9-19(17)25-20-10-4-2-8-18(20)21;;;;/h1-8H,9-16H2,(H,25,26);1-4,7-10H,5-6,11-16H2,(H,24,25);4*1H. The Labute approximate surface area is 393 Å². The Bertz CT molecular complexity index is 1980. The van der Waals surface area contributed by atoms with E-state index in [1.54, 1.807) is 0 Å². The van der Waals surface area contributed by atoms with Crippen LogP contribution in [0.5, 0.6) is 0 Å². The van der Waals surface area contributed by atoms with Gasteiger partial charge in [0, 0.05) is 90.9 Å². The third-order valence-corrected chi connectivity index (χ3v) is 9.96. The highest BCUT2D eigenvalue weighted by molar-refractivity contribution is 6.19. The number of hydrogen-bond donors (Lipinski definition) is 2. The van der Waals surface area contributed by atoms with Crippen LogP contribution in [0, 0.1) is 0 Å². The van der Waals surface area contributed by atoms with Crippen LogP contribution in [0.25, 0.3) is 43.6 Å². The summed E-state index contributed by atoms with van der Waals surface area (Å²) in [7, 11) is 0. The van der Waals surface area contributed by atoms with Gasteiger partial charge in [-0.2, -0.15) is 0 Å². The average Bonchev–Trinajstić information content (AvgIpc) is 3.20. The topological polar surface area (TPSA) is 82.6 Å². The Morgan fingerprint density at radius 2 is 0.847 bits per heavy atom. The number of unbranched alkanes of at least 4 members (excludes halogenated alkanes) is 1. The molecule has 8 nitrogen and oxygen atoms in total. The maximum Gasteiger partial charge on any atom is 0.307 e. The second-order valence-electron chi connectivity index (χ2n) is 13.0. The lowest BCUT2D eigenvalue weighted by Crippen LogP contribution is -2.32. The molecule has 0 spiro atoms. The monoisotopic (exact) mass is 966 g/mol. The molecule has 0 saturated heterocycles. The molecule has 4 aromatic carbocycles. The van der Waals surface area contributed by atoms with Crippen LogP contribution in [-0.2, 0) is 9.53 Å². The number of esters is 1. The summed E-state index contributed by atoms with van der Waals surface area (Å²) in [6.07, 6.45) is 2.52. The Morgan fingerprint density at radius 3 is 1.24 bits per heavy atom. The lowest BCUT2D eigenvalue weighted by atomic mass is 10.1. The molecule has 0 aliphatic heterocycles. The van der Waals surface area contributed by atoms with E-state index in [1.165, 1.54) is 16.5 Å². The van der Waals surface area contributed by atoms with E-state index in [1.807, 2.05) is 60.7 Å². The first-order chi connectivity index (χ1) is 27.1. The molecule has 0 saturated carbocycles. The van der Waals surface area contributed by atoms with Crippen molar-refractivity contribution in [2.75, 3.05) is 93.1 Å². The quantitative estimate of drug-likeness (QED) is 0.0320. The number of carbonyl (C=O) groups excluding carboxylic acids is 1. The maximum atomic E-state index is 12.1. The van der Waals surface area contributed by atoms with Gasteiger partial charge >= 0.3 is 5.97 Å². The van der Waals surface area contributed by atoms with Gasteiger partial charge in [-0.3, -0.25) is 9.69 Å². The van der Waals surface area contributed by atoms with Crippen LogP contribution >= 0.6 is 96.0 Å². The minimum Gasteiger partial charge on any atom is -0.464 e. The number of carbonyl (C=O) groups is 1. The van der Waals surface area contributed by atoms with E-state index in [2.05, 4.69) is 56.8 Å². The summed E-state index contributed by atoms with van der Waals surface area (Å²) < 4.78 is 5.36. The van der Waals surface area contributed by atoms with Crippen LogP contribution < -0.4 is 10.6 Å². The lowest BCUT2D eigenvalue weighted by molar-refractivity contribution is -0.143. The van der Waals surface area contributed by atoms with Gasteiger partial charge in [0.15, 0.2) is 0 Å². The molecule has 0 aliphatic carbocycles. The number of nitrogens with zero attached hydrogens (tertiary/aromatic N) is 4. The molecule has 0 aliphatic rings. The van der Waals surface area contributed by atoms with Crippen LogP contribution in [0.15, 0.2) is 97.1 Å². The first kappa shape index (κ1) is 54.5. The van der Waals surface area contributed by atoms with E-state index >= 15 is 0 Å². The zero-order valence-electron chi connectivity index (χ0n) is 32.8. The molecule has 16 heteroatoms. The minimum atomic E-state index is -0.225. The van der Waals surface area contributed by atoms with Crippen molar-refractivity contribution in [2.24, 2.45) is 0 Å². The Morgan fingerprint density at radius 1 is 0.492 bits per heavy atom. The lowest BCUT2D eigenvalue weighted by Gasteiger charge is -2.20. The van der Waals surface area contributed by atoms with Crippen molar-refractivity contribution in [3.8, 4) is 0 Å². The van der Waals surface area contributed by atoms with Gasteiger partial charge in [0.1, 0.15) is 6.61 Å². The molecule has 2 heterocycles. The molecular formula is C43H54Cl8N6O2. The van der Waals surface area contributed by atoms with Crippen LogP contribution in [0.3, 0.4) is 0 Å². The van der Waals surface area contributed by atoms with E-state index in [-0.39, 0.29) is 62.0 Å². The summed E-state index contributed by atoms with van der Waals surface area (Å²) in [6, 6.07) is 32.6. The molecule has 0 fully saturated rings. The van der Waals surface area contributed by atoms with E-state index < -0.39 is 0 Å². The normalized spacial score (nSPS) is 10.6. The molecule has 2 N–H and O–H groups in total. The molecule has 0 radical (unpaired) electrons. The molecule has 59 heavy (non-hydrogen) atoms. The van der Waals surface area contributed by atoms with Gasteiger partial charge in [-0.1, -0.05) is 72.8 Å². The first-order valence-electron chi connectivity index (χ1n) is 18.9. The van der Waals surface area contributed by atoms with Crippen LogP contribution in [-0.4, -0.2) is 108 Å². The second-order valence-corrected chi connectivity index (χ2v) is 14.5. The Kier molecular flexibility index (Phi) is 28.2. The third-order valence-electron chi connectivity index (χ3n) is 9.28. The van der Waals surface area contributed by atoms with E-state index in [0.717, 1.165) is 90.6 Å². The Hall–Kier alpha value is -2.47. The van der Waals surface area contributed by atoms with E-state index in [0.29, 0.717) is 43.2 Å². The van der Waals surface area contributed by atoms with Gasteiger partial charge in [0.2, 0.25) is 0 Å². The number of alkyl halides is 4. The highest BCUT2D eigenvalue weighted by Gasteiger charge is 2.12. The summed E-state index contributed by atoms with van der Waals surface area (Å²) in [6.45, 7) is 6.72. The number of aromatic nitrogens is 2. The van der Waals surface area contributed by atoms with E-state index in [4.69, 9.17) is 61.1 Å². The SMILES string of the molecule is Cl.Cl.Cl.Cl.ClCCN(CCCl)CCCCNc1c2ccccc2nc2ccccc12.O=C(CCNc1c2ccccc2nc2ccccc12)OCCN(CCCl)CCCl. The van der Waals surface area contributed by atoms with Gasteiger partial charge in [-0.05, 0) is 43.7 Å². The molecule has 6 aromatic rings. The number of nitrogens with one attached hydrogen (secondary N) is 2.